The highest BCUT2D eigenvalue weighted by molar-refractivity contribution is 8.00. The predicted molar refractivity (Wildman–Crippen MR) is 53.5 cm³/mol. The molecular formula is C10H18OS. The monoisotopic (exact) mass is 186 g/mol. The Kier molecular flexibility index (Phi) is 2.97. The Labute approximate surface area is 78.9 Å². The molecule has 2 saturated carbocycles. The molecule has 0 unspecified atom stereocenters. The van der Waals surface area contributed by atoms with Crippen molar-refractivity contribution in [1.29, 1.82) is 0 Å². The van der Waals surface area contributed by atoms with E-state index in [2.05, 4.69) is 11.8 Å². The van der Waals surface area contributed by atoms with Gasteiger partial charge in [0.2, 0.25) is 0 Å². The molecule has 2 aliphatic carbocycles. The largest absolute Gasteiger partial charge is 0.392 e. The van der Waals surface area contributed by atoms with Crippen LogP contribution >= 0.6 is 11.8 Å². The van der Waals surface area contributed by atoms with Gasteiger partial charge in [-0.15, -0.1) is 0 Å². The molecule has 2 fully saturated rings. The Morgan fingerprint density at radius 2 is 1.67 bits per heavy atom. The van der Waals surface area contributed by atoms with Gasteiger partial charge >= 0.3 is 0 Å². The van der Waals surface area contributed by atoms with E-state index in [1.807, 2.05) is 0 Å². The second-order valence-corrected chi connectivity index (χ2v) is 5.62. The predicted octanol–water partition coefficient (Wildman–Crippen LogP) is 2.58. The van der Waals surface area contributed by atoms with Gasteiger partial charge in [-0.1, -0.05) is 12.8 Å². The highest BCUT2D eigenvalue weighted by atomic mass is 32.2. The Balaban J connectivity index is 1.77. The van der Waals surface area contributed by atoms with Gasteiger partial charge in [0, 0.05) is 10.5 Å². The first kappa shape index (κ1) is 8.89. The molecule has 0 bridgehead atoms. The van der Waals surface area contributed by atoms with Crippen molar-refractivity contribution >= 4 is 11.8 Å². The summed E-state index contributed by atoms with van der Waals surface area (Å²) in [4.78, 5) is 0. The lowest BCUT2D eigenvalue weighted by molar-refractivity contribution is 0.188. The van der Waals surface area contributed by atoms with Crippen LogP contribution in [0.3, 0.4) is 0 Å². The van der Waals surface area contributed by atoms with E-state index in [9.17, 15) is 5.11 Å². The van der Waals surface area contributed by atoms with Crippen LogP contribution in [0.25, 0.3) is 0 Å². The van der Waals surface area contributed by atoms with Crippen molar-refractivity contribution in [2.75, 3.05) is 0 Å². The van der Waals surface area contributed by atoms with Crippen LogP contribution in [0.15, 0.2) is 0 Å². The van der Waals surface area contributed by atoms with Gasteiger partial charge in [-0.2, -0.15) is 11.8 Å². The molecule has 2 aliphatic rings. The van der Waals surface area contributed by atoms with Gasteiger partial charge in [0.05, 0.1) is 6.10 Å². The van der Waals surface area contributed by atoms with E-state index in [-0.39, 0.29) is 6.10 Å². The first-order valence-electron chi connectivity index (χ1n) is 5.20. The molecule has 0 aromatic rings. The number of thioether (sulfide) groups is 1. The summed E-state index contributed by atoms with van der Waals surface area (Å²) in [6.45, 7) is 0. The minimum atomic E-state index is 0.00981. The summed E-state index contributed by atoms with van der Waals surface area (Å²) in [6.07, 6.45) is 9.18. The van der Waals surface area contributed by atoms with Gasteiger partial charge in [0.25, 0.3) is 0 Å². The van der Waals surface area contributed by atoms with Gasteiger partial charge < -0.3 is 5.11 Å². The summed E-state index contributed by atoms with van der Waals surface area (Å²) in [5.74, 6) is 0. The fourth-order valence-corrected chi connectivity index (χ4v) is 4.06. The van der Waals surface area contributed by atoms with Crippen molar-refractivity contribution in [3.05, 3.63) is 0 Å². The summed E-state index contributed by atoms with van der Waals surface area (Å²) in [5.41, 5.74) is 0. The number of rotatable bonds is 2. The van der Waals surface area contributed by atoms with Crippen molar-refractivity contribution in [2.24, 2.45) is 0 Å². The van der Waals surface area contributed by atoms with Gasteiger partial charge in [0.1, 0.15) is 0 Å². The average Bonchev–Trinajstić information content (AvgIpc) is 2.65. The maximum Gasteiger partial charge on any atom is 0.0658 e. The third-order valence-electron chi connectivity index (χ3n) is 3.09. The van der Waals surface area contributed by atoms with Crippen LogP contribution in [0, 0.1) is 0 Å². The van der Waals surface area contributed by atoms with Crippen molar-refractivity contribution in [1.82, 2.24) is 0 Å². The van der Waals surface area contributed by atoms with Crippen LogP contribution in [0.1, 0.15) is 44.9 Å². The van der Waals surface area contributed by atoms with E-state index in [1.54, 1.807) is 0 Å². The van der Waals surface area contributed by atoms with Crippen LogP contribution < -0.4 is 0 Å². The average molecular weight is 186 g/mol. The Bertz CT molecular complexity index is 143. The quantitative estimate of drug-likeness (QED) is 0.715. The van der Waals surface area contributed by atoms with Crippen LogP contribution in [-0.2, 0) is 0 Å². The topological polar surface area (TPSA) is 20.2 Å². The number of hydrogen-bond donors (Lipinski definition) is 1. The van der Waals surface area contributed by atoms with Gasteiger partial charge in [-0.05, 0) is 32.1 Å². The van der Waals surface area contributed by atoms with Crippen molar-refractivity contribution in [3.63, 3.8) is 0 Å². The SMILES string of the molecule is O[C@@H]1CCC[C@H]1SC1CCCC1. The maximum absolute atomic E-state index is 9.63. The molecule has 1 nitrogen and oxygen atoms in total. The molecule has 0 aromatic carbocycles. The lowest BCUT2D eigenvalue weighted by Crippen LogP contribution is -2.18. The molecule has 2 atom stereocenters. The van der Waals surface area contributed by atoms with Crippen LogP contribution in [0.4, 0.5) is 0 Å². The van der Waals surface area contributed by atoms with E-state index >= 15 is 0 Å². The molecule has 2 rings (SSSR count). The second-order valence-electron chi connectivity index (χ2n) is 4.08. The van der Waals surface area contributed by atoms with Gasteiger partial charge in [0.15, 0.2) is 0 Å². The van der Waals surface area contributed by atoms with Crippen LogP contribution in [0.2, 0.25) is 0 Å². The first-order chi connectivity index (χ1) is 5.86. The van der Waals surface area contributed by atoms with E-state index in [0.717, 1.165) is 11.7 Å². The number of hydrogen-bond acceptors (Lipinski definition) is 2. The van der Waals surface area contributed by atoms with Crippen molar-refractivity contribution < 1.29 is 5.11 Å². The lowest BCUT2D eigenvalue weighted by atomic mass is 10.3. The lowest BCUT2D eigenvalue weighted by Gasteiger charge is -2.18. The van der Waals surface area contributed by atoms with Crippen molar-refractivity contribution in [3.8, 4) is 0 Å². The Morgan fingerprint density at radius 1 is 0.917 bits per heavy atom. The second kappa shape index (κ2) is 4.01. The van der Waals surface area contributed by atoms with E-state index in [0.29, 0.717) is 5.25 Å². The molecule has 0 aromatic heterocycles. The zero-order chi connectivity index (χ0) is 8.39. The molecule has 70 valence electrons. The molecule has 0 radical (unpaired) electrons. The minimum Gasteiger partial charge on any atom is -0.392 e. The standard InChI is InChI=1S/C10H18OS/c11-9-6-3-7-10(9)12-8-4-1-2-5-8/h8-11H,1-7H2/t9-,10-/m1/s1. The Morgan fingerprint density at radius 3 is 2.25 bits per heavy atom. The van der Waals surface area contributed by atoms with Crippen LogP contribution in [0.5, 0.6) is 0 Å². The Hall–Kier alpha value is 0.310. The van der Waals surface area contributed by atoms with Gasteiger partial charge in [-0.25, -0.2) is 0 Å². The normalized spacial score (nSPS) is 37.8. The number of aliphatic hydroxyl groups excluding tert-OH is 1. The third-order valence-corrected chi connectivity index (χ3v) is 4.84. The third kappa shape index (κ3) is 1.97. The first-order valence-corrected chi connectivity index (χ1v) is 6.14. The molecular weight excluding hydrogens is 168 g/mol. The van der Waals surface area contributed by atoms with Crippen LogP contribution in [-0.4, -0.2) is 21.7 Å². The molecule has 0 saturated heterocycles. The summed E-state index contributed by atoms with van der Waals surface area (Å²) >= 11 is 2.07. The summed E-state index contributed by atoms with van der Waals surface area (Å²) in [7, 11) is 0. The molecule has 0 aliphatic heterocycles. The fraction of sp³-hybridized carbons (Fsp3) is 1.00. The zero-order valence-corrected chi connectivity index (χ0v) is 8.35. The molecule has 12 heavy (non-hydrogen) atoms. The minimum absolute atomic E-state index is 0.00981. The number of aliphatic hydroxyl groups is 1. The molecule has 2 heteroatoms. The zero-order valence-electron chi connectivity index (χ0n) is 7.54. The summed E-state index contributed by atoms with van der Waals surface area (Å²) in [5, 5.41) is 11.1. The molecule has 0 heterocycles. The fourth-order valence-electron chi connectivity index (χ4n) is 2.34. The summed E-state index contributed by atoms with van der Waals surface area (Å²) in [6, 6.07) is 0. The highest BCUT2D eigenvalue weighted by Gasteiger charge is 2.29. The van der Waals surface area contributed by atoms with Gasteiger partial charge in [-0.3, -0.25) is 0 Å². The molecule has 0 spiro atoms. The summed E-state index contributed by atoms with van der Waals surface area (Å²) < 4.78 is 0. The maximum atomic E-state index is 9.63. The molecule has 1 N–H and O–H groups in total. The molecule has 0 amide bonds. The van der Waals surface area contributed by atoms with E-state index in [4.69, 9.17) is 0 Å². The van der Waals surface area contributed by atoms with Crippen molar-refractivity contribution in [2.45, 2.75) is 61.5 Å². The van der Waals surface area contributed by atoms with E-state index < -0.39 is 0 Å². The highest BCUT2D eigenvalue weighted by Crippen LogP contribution is 2.38. The smallest absolute Gasteiger partial charge is 0.0658 e. The van der Waals surface area contributed by atoms with E-state index in [1.165, 1.54) is 38.5 Å².